The first-order valence-electron chi connectivity index (χ1n) is 8.90. The van der Waals surface area contributed by atoms with E-state index >= 15 is 0 Å². The molecule has 0 aliphatic heterocycles. The average molecular weight is 526 g/mol. The summed E-state index contributed by atoms with van der Waals surface area (Å²) in [6.45, 7) is 0.257. The van der Waals surface area contributed by atoms with Gasteiger partial charge in [-0.25, -0.2) is 9.82 Å². The zero-order chi connectivity index (χ0) is 22.4. The summed E-state index contributed by atoms with van der Waals surface area (Å²) in [5.74, 6) is 0.101. The van der Waals surface area contributed by atoms with Gasteiger partial charge < -0.3 is 9.47 Å². The van der Waals surface area contributed by atoms with Gasteiger partial charge in [0.25, 0.3) is 5.91 Å². The number of halogens is 4. The molecule has 5 nitrogen and oxygen atoms in total. The number of hydrogen-bond acceptors (Lipinski definition) is 4. The van der Waals surface area contributed by atoms with Crippen molar-refractivity contribution in [2.24, 2.45) is 5.10 Å². The lowest BCUT2D eigenvalue weighted by atomic mass is 10.2. The van der Waals surface area contributed by atoms with Crippen molar-refractivity contribution in [2.75, 3.05) is 7.11 Å². The Hall–Kier alpha value is -2.61. The molecule has 0 bridgehead atoms. The minimum absolute atomic E-state index is 0.257. The highest BCUT2D eigenvalue weighted by Crippen LogP contribution is 2.37. The molecule has 0 heterocycles. The first-order chi connectivity index (χ1) is 14.9. The van der Waals surface area contributed by atoms with Crippen molar-refractivity contribution in [2.45, 2.75) is 6.61 Å². The minimum Gasteiger partial charge on any atom is -0.493 e. The summed E-state index contributed by atoms with van der Waals surface area (Å²) in [7, 11) is 1.52. The summed E-state index contributed by atoms with van der Waals surface area (Å²) in [5, 5.41) is 4.85. The maximum Gasteiger partial charge on any atom is 0.271 e. The number of hydrogen-bond donors (Lipinski definition) is 1. The van der Waals surface area contributed by atoms with Gasteiger partial charge in [-0.05, 0) is 75.6 Å². The van der Waals surface area contributed by atoms with E-state index in [0.717, 1.165) is 5.56 Å². The molecule has 160 valence electrons. The monoisotopic (exact) mass is 524 g/mol. The minimum atomic E-state index is -0.455. The van der Waals surface area contributed by atoms with Crippen LogP contribution in [0.1, 0.15) is 21.5 Å². The summed E-state index contributed by atoms with van der Waals surface area (Å²) in [6.07, 6.45) is 1.46. The molecule has 0 saturated carbocycles. The highest BCUT2D eigenvalue weighted by Gasteiger charge is 2.12. The van der Waals surface area contributed by atoms with Crippen molar-refractivity contribution in [3.05, 3.63) is 91.6 Å². The lowest BCUT2D eigenvalue weighted by Crippen LogP contribution is -2.17. The maximum absolute atomic E-state index is 13.0. The van der Waals surface area contributed by atoms with E-state index in [1.807, 2.05) is 6.07 Å². The smallest absolute Gasteiger partial charge is 0.271 e. The fourth-order valence-corrected chi connectivity index (χ4v) is 3.47. The van der Waals surface area contributed by atoms with E-state index in [4.69, 9.17) is 32.7 Å². The zero-order valence-electron chi connectivity index (χ0n) is 16.2. The van der Waals surface area contributed by atoms with Crippen LogP contribution in [0.4, 0.5) is 4.39 Å². The molecule has 0 saturated heterocycles. The number of carbonyl (C=O) groups excluding carboxylic acids is 1. The van der Waals surface area contributed by atoms with E-state index < -0.39 is 11.7 Å². The van der Waals surface area contributed by atoms with Crippen LogP contribution in [-0.4, -0.2) is 19.2 Å². The topological polar surface area (TPSA) is 59.9 Å². The number of rotatable bonds is 7. The summed E-state index contributed by atoms with van der Waals surface area (Å²) < 4.78 is 24.9. The number of nitrogens with zero attached hydrogens (tertiary/aromatic N) is 1. The fraction of sp³-hybridized carbons (Fsp3) is 0.0909. The highest BCUT2D eigenvalue weighted by molar-refractivity contribution is 9.10. The Morgan fingerprint density at radius 1 is 1.13 bits per heavy atom. The van der Waals surface area contributed by atoms with Crippen LogP contribution in [0.5, 0.6) is 11.5 Å². The predicted molar refractivity (Wildman–Crippen MR) is 123 cm³/mol. The number of hydrazone groups is 1. The predicted octanol–water partition coefficient (Wildman–Crippen LogP) is 6.25. The molecule has 1 N–H and O–H groups in total. The van der Waals surface area contributed by atoms with Crippen LogP contribution < -0.4 is 14.9 Å². The number of carbonyl (C=O) groups is 1. The second-order valence-electron chi connectivity index (χ2n) is 6.28. The van der Waals surface area contributed by atoms with Gasteiger partial charge in [-0.3, -0.25) is 4.79 Å². The fourth-order valence-electron chi connectivity index (χ4n) is 2.57. The summed E-state index contributed by atoms with van der Waals surface area (Å²) in [4.78, 5) is 12.0. The summed E-state index contributed by atoms with van der Waals surface area (Å²) in [6, 6.07) is 13.9. The van der Waals surface area contributed by atoms with Crippen molar-refractivity contribution >= 4 is 51.3 Å². The molecule has 9 heteroatoms. The molecule has 0 fully saturated rings. The lowest BCUT2D eigenvalue weighted by molar-refractivity contribution is 0.0955. The third kappa shape index (κ3) is 6.19. The molecule has 0 aliphatic rings. The number of amides is 1. The van der Waals surface area contributed by atoms with E-state index in [0.29, 0.717) is 37.1 Å². The van der Waals surface area contributed by atoms with Gasteiger partial charge in [0, 0.05) is 5.56 Å². The molecule has 0 spiro atoms. The van der Waals surface area contributed by atoms with Crippen molar-refractivity contribution in [3.8, 4) is 11.5 Å². The first kappa shape index (κ1) is 23.1. The maximum atomic E-state index is 13.0. The van der Waals surface area contributed by atoms with Crippen LogP contribution in [0, 0.1) is 5.82 Å². The number of nitrogens with one attached hydrogen (secondary N) is 1. The molecule has 0 radical (unpaired) electrons. The van der Waals surface area contributed by atoms with Crippen molar-refractivity contribution in [3.63, 3.8) is 0 Å². The van der Waals surface area contributed by atoms with Crippen LogP contribution in [-0.2, 0) is 6.61 Å². The number of benzene rings is 3. The van der Waals surface area contributed by atoms with Gasteiger partial charge in [0.05, 0.1) is 27.8 Å². The third-order valence-electron chi connectivity index (χ3n) is 4.11. The Balaban J connectivity index is 1.69. The first-order valence-corrected chi connectivity index (χ1v) is 10.5. The molecular formula is C22H16BrCl2FN2O3. The van der Waals surface area contributed by atoms with Crippen molar-refractivity contribution in [1.29, 1.82) is 0 Å². The van der Waals surface area contributed by atoms with Gasteiger partial charge in [0.1, 0.15) is 12.4 Å². The Bertz CT molecular complexity index is 1120. The Kier molecular flexibility index (Phi) is 7.90. The van der Waals surface area contributed by atoms with Gasteiger partial charge >= 0.3 is 0 Å². The SMILES string of the molecule is COc1cc(/C=N\NC(=O)c2ccc(F)cc2)cc(Br)c1OCc1ccc(Cl)c(Cl)c1. The van der Waals surface area contributed by atoms with E-state index in [-0.39, 0.29) is 6.61 Å². The second kappa shape index (κ2) is 10.6. The van der Waals surface area contributed by atoms with Crippen LogP contribution in [0.3, 0.4) is 0 Å². The standard InChI is InChI=1S/C22H16BrCl2FN2O3/c1-30-20-10-14(11-27-28-22(29)15-3-5-16(26)6-4-15)8-17(23)21(20)31-12-13-2-7-18(24)19(25)9-13/h2-11H,12H2,1H3,(H,28,29)/b27-11-. The molecule has 31 heavy (non-hydrogen) atoms. The van der Waals surface area contributed by atoms with Crippen LogP contribution in [0.15, 0.2) is 64.2 Å². The van der Waals surface area contributed by atoms with Gasteiger partial charge in [-0.15, -0.1) is 0 Å². The van der Waals surface area contributed by atoms with Gasteiger partial charge in [-0.2, -0.15) is 5.10 Å². The average Bonchev–Trinajstić information content (AvgIpc) is 2.75. The van der Waals surface area contributed by atoms with Gasteiger partial charge in [0.15, 0.2) is 11.5 Å². The molecule has 0 aromatic heterocycles. The Labute approximate surface area is 196 Å². The normalized spacial score (nSPS) is 10.9. The molecule has 3 aromatic carbocycles. The Morgan fingerprint density at radius 3 is 2.55 bits per heavy atom. The molecule has 0 atom stereocenters. The van der Waals surface area contributed by atoms with Gasteiger partial charge in [0.2, 0.25) is 0 Å². The number of methoxy groups -OCH3 is 1. The van der Waals surface area contributed by atoms with E-state index in [9.17, 15) is 9.18 Å². The summed E-state index contributed by atoms with van der Waals surface area (Å²) >= 11 is 15.4. The third-order valence-corrected chi connectivity index (χ3v) is 5.43. The second-order valence-corrected chi connectivity index (χ2v) is 7.95. The van der Waals surface area contributed by atoms with Crippen LogP contribution in [0.25, 0.3) is 0 Å². The van der Waals surface area contributed by atoms with Crippen molar-refractivity contribution < 1.29 is 18.7 Å². The van der Waals surface area contributed by atoms with Crippen LogP contribution >= 0.6 is 39.1 Å². The molecule has 3 rings (SSSR count). The molecule has 3 aromatic rings. The zero-order valence-corrected chi connectivity index (χ0v) is 19.3. The largest absolute Gasteiger partial charge is 0.493 e. The number of ether oxygens (including phenoxy) is 2. The van der Waals surface area contributed by atoms with E-state index in [1.165, 1.54) is 37.6 Å². The van der Waals surface area contributed by atoms with Gasteiger partial charge in [-0.1, -0.05) is 29.3 Å². The van der Waals surface area contributed by atoms with Crippen molar-refractivity contribution in [1.82, 2.24) is 5.43 Å². The molecule has 1 amide bonds. The van der Waals surface area contributed by atoms with Crippen LogP contribution in [0.2, 0.25) is 10.0 Å². The molecule has 0 aliphatic carbocycles. The highest BCUT2D eigenvalue weighted by atomic mass is 79.9. The Morgan fingerprint density at radius 2 is 1.87 bits per heavy atom. The molecular weight excluding hydrogens is 510 g/mol. The molecule has 0 unspecified atom stereocenters. The van der Waals surface area contributed by atoms with E-state index in [1.54, 1.807) is 24.3 Å². The quantitative estimate of drug-likeness (QED) is 0.293. The summed E-state index contributed by atoms with van der Waals surface area (Å²) in [5.41, 5.74) is 4.19. The lowest BCUT2D eigenvalue weighted by Gasteiger charge is -2.14. The van der Waals surface area contributed by atoms with E-state index in [2.05, 4.69) is 26.5 Å².